The number of carboxylic acids is 1. The molecule has 8 heteroatoms. The zero-order chi connectivity index (χ0) is 12.8. The van der Waals surface area contributed by atoms with Gasteiger partial charge in [0, 0.05) is 19.1 Å². The van der Waals surface area contributed by atoms with Crippen LogP contribution in [0.5, 0.6) is 0 Å². The van der Waals surface area contributed by atoms with E-state index in [-0.39, 0.29) is 0 Å². The van der Waals surface area contributed by atoms with Crippen LogP contribution in [0.4, 0.5) is 13.2 Å². The number of nitriles is 1. The van der Waals surface area contributed by atoms with Crippen molar-refractivity contribution < 1.29 is 23.1 Å². The highest BCUT2D eigenvalue weighted by molar-refractivity contribution is 5.73. The van der Waals surface area contributed by atoms with Gasteiger partial charge in [0.15, 0.2) is 6.19 Å². The molecule has 0 aromatic carbocycles. The summed E-state index contributed by atoms with van der Waals surface area (Å²) >= 11 is 0. The molecule has 1 rings (SSSR count). The number of rotatable bonds is 0. The van der Waals surface area contributed by atoms with Gasteiger partial charge in [-0.25, -0.2) is 4.79 Å². The molecule has 1 aliphatic heterocycles. The summed E-state index contributed by atoms with van der Waals surface area (Å²) in [4.78, 5) is 10.6. The average Bonchev–Trinajstić information content (AvgIpc) is 2.18. The Bertz CT molecular complexity index is 267. The van der Waals surface area contributed by atoms with Crippen molar-refractivity contribution in [3.8, 4) is 6.19 Å². The Morgan fingerprint density at radius 1 is 1.44 bits per heavy atom. The summed E-state index contributed by atoms with van der Waals surface area (Å²) in [5.41, 5.74) is 5.62. The summed E-state index contributed by atoms with van der Waals surface area (Å²) in [6, 6.07) is 0.328. The van der Waals surface area contributed by atoms with E-state index in [0.717, 1.165) is 25.9 Å². The highest BCUT2D eigenvalue weighted by Gasteiger charge is 2.38. The second-order valence-corrected chi connectivity index (χ2v) is 3.23. The van der Waals surface area contributed by atoms with Crippen LogP contribution in [0.15, 0.2) is 0 Å². The van der Waals surface area contributed by atoms with Crippen molar-refractivity contribution in [2.45, 2.75) is 25.1 Å². The van der Waals surface area contributed by atoms with E-state index >= 15 is 0 Å². The molecule has 1 saturated heterocycles. The lowest BCUT2D eigenvalue weighted by Crippen LogP contribution is -2.36. The van der Waals surface area contributed by atoms with Crippen molar-refractivity contribution in [3.05, 3.63) is 0 Å². The number of likely N-dealkylation sites (tertiary alicyclic amines) is 1. The highest BCUT2D eigenvalue weighted by atomic mass is 19.4. The van der Waals surface area contributed by atoms with Crippen molar-refractivity contribution in [1.29, 1.82) is 5.26 Å². The van der Waals surface area contributed by atoms with Gasteiger partial charge in [-0.1, -0.05) is 0 Å². The van der Waals surface area contributed by atoms with Crippen LogP contribution >= 0.6 is 0 Å². The van der Waals surface area contributed by atoms with E-state index in [0.29, 0.717) is 6.04 Å². The summed E-state index contributed by atoms with van der Waals surface area (Å²) in [6.45, 7) is 1.69. The lowest BCUT2D eigenvalue weighted by atomic mass is 10.1. The third kappa shape index (κ3) is 6.08. The Labute approximate surface area is 90.2 Å². The molecule has 1 heterocycles. The molecular weight excluding hydrogens is 227 g/mol. The number of halogens is 3. The molecule has 0 aliphatic carbocycles. The Morgan fingerprint density at radius 3 is 2.06 bits per heavy atom. The number of carbonyl (C=O) groups is 1. The van der Waals surface area contributed by atoms with Gasteiger partial charge in [-0.15, -0.1) is 0 Å². The lowest BCUT2D eigenvalue weighted by Gasteiger charge is -2.24. The molecule has 0 bridgehead atoms. The monoisotopic (exact) mass is 239 g/mol. The summed E-state index contributed by atoms with van der Waals surface area (Å²) in [6.07, 6.45) is -1.05. The number of aliphatic carboxylic acids is 1. The van der Waals surface area contributed by atoms with Crippen LogP contribution in [0.25, 0.3) is 0 Å². The quantitative estimate of drug-likeness (QED) is 0.601. The van der Waals surface area contributed by atoms with Crippen molar-refractivity contribution in [3.63, 3.8) is 0 Å². The smallest absolute Gasteiger partial charge is 0.475 e. The van der Waals surface area contributed by atoms with E-state index < -0.39 is 12.1 Å². The van der Waals surface area contributed by atoms with Crippen molar-refractivity contribution >= 4 is 5.97 Å². The number of piperidine rings is 1. The van der Waals surface area contributed by atoms with E-state index in [4.69, 9.17) is 20.9 Å². The van der Waals surface area contributed by atoms with Crippen LogP contribution in [-0.4, -0.2) is 41.3 Å². The molecule has 16 heavy (non-hydrogen) atoms. The van der Waals surface area contributed by atoms with Crippen LogP contribution in [0, 0.1) is 11.5 Å². The summed E-state index contributed by atoms with van der Waals surface area (Å²) < 4.78 is 31.7. The molecule has 0 aromatic rings. The zero-order valence-electron chi connectivity index (χ0n) is 8.37. The molecule has 0 radical (unpaired) electrons. The van der Waals surface area contributed by atoms with Gasteiger partial charge in [-0.05, 0) is 12.8 Å². The predicted molar refractivity (Wildman–Crippen MR) is 48.1 cm³/mol. The van der Waals surface area contributed by atoms with Gasteiger partial charge in [-0.2, -0.15) is 18.4 Å². The van der Waals surface area contributed by atoms with Gasteiger partial charge >= 0.3 is 12.1 Å². The second kappa shape index (κ2) is 6.17. The molecule has 5 nitrogen and oxygen atoms in total. The Kier molecular flexibility index (Phi) is 5.60. The maximum atomic E-state index is 10.6. The van der Waals surface area contributed by atoms with Crippen LogP contribution in [0.2, 0.25) is 0 Å². The summed E-state index contributed by atoms with van der Waals surface area (Å²) in [5.74, 6) is -2.76. The minimum Gasteiger partial charge on any atom is -0.475 e. The molecule has 0 spiro atoms. The fraction of sp³-hybridized carbons (Fsp3) is 0.750. The first kappa shape index (κ1) is 14.5. The molecule has 0 aromatic heterocycles. The SMILES string of the molecule is N#CN1CCC(N)CC1.O=C(O)C(F)(F)F. The largest absolute Gasteiger partial charge is 0.490 e. The molecule has 0 amide bonds. The fourth-order valence-corrected chi connectivity index (χ4v) is 0.999. The summed E-state index contributed by atoms with van der Waals surface area (Å²) in [7, 11) is 0. The second-order valence-electron chi connectivity index (χ2n) is 3.23. The summed E-state index contributed by atoms with van der Waals surface area (Å²) in [5, 5.41) is 15.5. The van der Waals surface area contributed by atoms with Gasteiger partial charge in [0.1, 0.15) is 0 Å². The Balaban J connectivity index is 0.000000293. The van der Waals surface area contributed by atoms with Crippen LogP contribution < -0.4 is 5.73 Å². The number of nitrogens with two attached hydrogens (primary N) is 1. The lowest BCUT2D eigenvalue weighted by molar-refractivity contribution is -0.192. The van der Waals surface area contributed by atoms with E-state index in [1.165, 1.54) is 0 Å². The number of alkyl halides is 3. The Hall–Kier alpha value is -1.49. The molecule has 0 saturated carbocycles. The fourth-order valence-electron chi connectivity index (χ4n) is 0.999. The maximum Gasteiger partial charge on any atom is 0.490 e. The molecule has 1 fully saturated rings. The van der Waals surface area contributed by atoms with Gasteiger partial charge in [-0.3, -0.25) is 0 Å². The molecule has 92 valence electrons. The first-order valence-electron chi connectivity index (χ1n) is 4.47. The van der Waals surface area contributed by atoms with Crippen LogP contribution in [-0.2, 0) is 4.79 Å². The highest BCUT2D eigenvalue weighted by Crippen LogP contribution is 2.13. The minimum atomic E-state index is -5.08. The van der Waals surface area contributed by atoms with Crippen molar-refractivity contribution in [2.24, 2.45) is 5.73 Å². The predicted octanol–water partition coefficient (Wildman–Crippen LogP) is 0.524. The van der Waals surface area contributed by atoms with Crippen LogP contribution in [0.1, 0.15) is 12.8 Å². The van der Waals surface area contributed by atoms with E-state index in [1.54, 1.807) is 4.90 Å². The van der Waals surface area contributed by atoms with E-state index in [1.807, 2.05) is 0 Å². The molecule has 0 atom stereocenters. The van der Waals surface area contributed by atoms with E-state index in [2.05, 4.69) is 6.19 Å². The average molecular weight is 239 g/mol. The zero-order valence-corrected chi connectivity index (χ0v) is 8.37. The maximum absolute atomic E-state index is 10.6. The number of nitrogens with zero attached hydrogens (tertiary/aromatic N) is 2. The number of hydrogen-bond donors (Lipinski definition) is 2. The van der Waals surface area contributed by atoms with Crippen molar-refractivity contribution in [1.82, 2.24) is 4.90 Å². The molecule has 1 aliphatic rings. The molecule has 3 N–H and O–H groups in total. The number of hydrogen-bond acceptors (Lipinski definition) is 4. The van der Waals surface area contributed by atoms with Gasteiger partial charge in [0.25, 0.3) is 0 Å². The molecular formula is C8H12F3N3O2. The van der Waals surface area contributed by atoms with Gasteiger partial charge in [0.05, 0.1) is 0 Å². The van der Waals surface area contributed by atoms with Gasteiger partial charge in [0.2, 0.25) is 0 Å². The first-order chi connectivity index (χ1) is 7.27. The normalized spacial score (nSPS) is 17.1. The number of carboxylic acid groups (broad SMARTS) is 1. The topological polar surface area (TPSA) is 90.4 Å². The third-order valence-corrected chi connectivity index (χ3v) is 1.92. The van der Waals surface area contributed by atoms with E-state index in [9.17, 15) is 13.2 Å². The van der Waals surface area contributed by atoms with Crippen molar-refractivity contribution in [2.75, 3.05) is 13.1 Å². The minimum absolute atomic E-state index is 0.328. The first-order valence-corrected chi connectivity index (χ1v) is 4.47. The van der Waals surface area contributed by atoms with Crippen LogP contribution in [0.3, 0.4) is 0 Å². The standard InChI is InChI=1S/C6H11N3.C2HF3O2/c7-5-9-3-1-6(8)2-4-9;3-2(4,5)1(6)7/h6H,1-4,8H2;(H,6,7). The third-order valence-electron chi connectivity index (χ3n) is 1.92. The Morgan fingerprint density at radius 2 is 1.81 bits per heavy atom. The molecule has 0 unspecified atom stereocenters. The van der Waals surface area contributed by atoms with Gasteiger partial charge < -0.3 is 15.7 Å².